The van der Waals surface area contributed by atoms with Crippen LogP contribution < -0.4 is 11.1 Å². The largest absolute Gasteiger partial charge is 0.399 e. The zero-order valence-corrected chi connectivity index (χ0v) is 17.8. The predicted octanol–water partition coefficient (Wildman–Crippen LogP) is 5.12. The van der Waals surface area contributed by atoms with Crippen molar-refractivity contribution in [3.05, 3.63) is 82.9 Å². The van der Waals surface area contributed by atoms with Gasteiger partial charge in [0.2, 0.25) is 5.91 Å². The van der Waals surface area contributed by atoms with Gasteiger partial charge < -0.3 is 11.1 Å². The van der Waals surface area contributed by atoms with E-state index in [1.165, 1.54) is 5.56 Å². The molecule has 1 aliphatic rings. The SMILES string of the molecule is Nc1ccc2c(c1)CCc1nc(NC(=O)CCc3ccccc3)c(-c3cccs3)nc1-2. The molecule has 154 valence electrons. The molecule has 2 heterocycles. The van der Waals surface area contributed by atoms with Crippen LogP contribution in [-0.2, 0) is 24.1 Å². The number of aromatic nitrogens is 2. The molecule has 1 amide bonds. The Morgan fingerprint density at radius 3 is 2.68 bits per heavy atom. The Morgan fingerprint density at radius 2 is 1.87 bits per heavy atom. The van der Waals surface area contributed by atoms with Crippen LogP contribution in [-0.4, -0.2) is 15.9 Å². The quantitative estimate of drug-likeness (QED) is 0.434. The summed E-state index contributed by atoms with van der Waals surface area (Å²) in [5.74, 6) is 0.484. The van der Waals surface area contributed by atoms with E-state index in [0.717, 1.165) is 45.9 Å². The van der Waals surface area contributed by atoms with Gasteiger partial charge in [0.15, 0.2) is 5.82 Å². The number of nitrogens with one attached hydrogen (secondary N) is 1. The van der Waals surface area contributed by atoms with Crippen molar-refractivity contribution >= 4 is 28.7 Å². The molecule has 0 aliphatic heterocycles. The number of carbonyl (C=O) groups is 1. The summed E-state index contributed by atoms with van der Waals surface area (Å²) < 4.78 is 0. The first-order valence-electron chi connectivity index (χ1n) is 10.3. The summed E-state index contributed by atoms with van der Waals surface area (Å²) >= 11 is 1.59. The van der Waals surface area contributed by atoms with Gasteiger partial charge in [-0.3, -0.25) is 4.79 Å². The molecule has 0 unspecified atom stereocenters. The van der Waals surface area contributed by atoms with E-state index in [1.807, 2.05) is 66.0 Å². The van der Waals surface area contributed by atoms with Crippen molar-refractivity contribution in [1.82, 2.24) is 9.97 Å². The van der Waals surface area contributed by atoms with Gasteiger partial charge in [-0.25, -0.2) is 9.97 Å². The highest BCUT2D eigenvalue weighted by Gasteiger charge is 2.23. The number of aryl methyl sites for hydroxylation is 3. The maximum Gasteiger partial charge on any atom is 0.225 e. The predicted molar refractivity (Wildman–Crippen MR) is 126 cm³/mol. The fourth-order valence-electron chi connectivity index (χ4n) is 3.93. The van der Waals surface area contributed by atoms with Gasteiger partial charge in [0.1, 0.15) is 5.69 Å². The lowest BCUT2D eigenvalue weighted by Crippen LogP contribution is -2.17. The number of benzene rings is 2. The molecule has 4 aromatic rings. The molecule has 6 heteroatoms. The second-order valence-electron chi connectivity index (χ2n) is 7.64. The summed E-state index contributed by atoms with van der Waals surface area (Å²) in [7, 11) is 0. The van der Waals surface area contributed by atoms with Crippen LogP contribution >= 0.6 is 11.3 Å². The number of rotatable bonds is 5. The minimum absolute atomic E-state index is 0.0557. The third-order valence-electron chi connectivity index (χ3n) is 5.48. The van der Waals surface area contributed by atoms with E-state index in [1.54, 1.807) is 11.3 Å². The normalized spacial score (nSPS) is 12.1. The van der Waals surface area contributed by atoms with Crippen LogP contribution in [0.15, 0.2) is 66.0 Å². The Kier molecular flexibility index (Phi) is 5.22. The van der Waals surface area contributed by atoms with E-state index in [0.29, 0.717) is 24.4 Å². The lowest BCUT2D eigenvalue weighted by molar-refractivity contribution is -0.116. The maximum atomic E-state index is 12.7. The minimum atomic E-state index is -0.0557. The first-order chi connectivity index (χ1) is 15.2. The zero-order valence-electron chi connectivity index (χ0n) is 17.0. The lowest BCUT2D eigenvalue weighted by Gasteiger charge is -2.21. The minimum Gasteiger partial charge on any atom is -0.399 e. The number of fused-ring (bicyclic) bond motifs is 3. The molecular formula is C25H22N4OS. The van der Waals surface area contributed by atoms with Crippen LogP contribution in [0.1, 0.15) is 23.2 Å². The van der Waals surface area contributed by atoms with Crippen molar-refractivity contribution in [3.8, 4) is 21.8 Å². The summed E-state index contributed by atoms with van der Waals surface area (Å²) in [4.78, 5) is 23.6. The van der Waals surface area contributed by atoms with E-state index >= 15 is 0 Å². The average molecular weight is 427 g/mol. The maximum absolute atomic E-state index is 12.7. The Hall–Kier alpha value is -3.51. The molecule has 5 rings (SSSR count). The molecule has 0 atom stereocenters. The number of carbonyl (C=O) groups excluding carboxylic acids is 1. The van der Waals surface area contributed by atoms with Gasteiger partial charge in [-0.05, 0) is 54.0 Å². The molecule has 0 saturated heterocycles. The molecule has 2 aromatic heterocycles. The molecule has 0 radical (unpaired) electrons. The van der Waals surface area contributed by atoms with Crippen molar-refractivity contribution in [1.29, 1.82) is 0 Å². The van der Waals surface area contributed by atoms with Crippen LogP contribution in [0, 0.1) is 0 Å². The number of nitrogens with zero attached hydrogens (tertiary/aromatic N) is 2. The average Bonchev–Trinajstić information content (AvgIpc) is 3.32. The van der Waals surface area contributed by atoms with Crippen LogP contribution in [0.4, 0.5) is 11.5 Å². The second-order valence-corrected chi connectivity index (χ2v) is 8.59. The number of amides is 1. The van der Waals surface area contributed by atoms with Gasteiger partial charge in [0.25, 0.3) is 0 Å². The topological polar surface area (TPSA) is 80.9 Å². The zero-order chi connectivity index (χ0) is 21.2. The highest BCUT2D eigenvalue weighted by Crippen LogP contribution is 2.37. The molecule has 31 heavy (non-hydrogen) atoms. The number of hydrogen-bond donors (Lipinski definition) is 2. The van der Waals surface area contributed by atoms with E-state index in [-0.39, 0.29) is 5.91 Å². The summed E-state index contributed by atoms with van der Waals surface area (Å²) in [5.41, 5.74) is 12.7. The molecule has 2 aromatic carbocycles. The number of thiophene rings is 1. The van der Waals surface area contributed by atoms with Crippen LogP contribution in [0.2, 0.25) is 0 Å². The second kappa shape index (κ2) is 8.32. The van der Waals surface area contributed by atoms with Crippen molar-refractivity contribution in [3.63, 3.8) is 0 Å². The fourth-order valence-corrected chi connectivity index (χ4v) is 4.65. The van der Waals surface area contributed by atoms with Crippen molar-refractivity contribution in [2.45, 2.75) is 25.7 Å². The number of nitrogens with two attached hydrogens (primary N) is 1. The molecule has 0 saturated carbocycles. The molecule has 5 nitrogen and oxygen atoms in total. The molecular weight excluding hydrogens is 404 g/mol. The first kappa shape index (κ1) is 19.5. The monoisotopic (exact) mass is 426 g/mol. The van der Waals surface area contributed by atoms with Crippen LogP contribution in [0.5, 0.6) is 0 Å². The lowest BCUT2D eigenvalue weighted by atomic mass is 9.91. The Morgan fingerprint density at radius 1 is 1.00 bits per heavy atom. The standard InChI is InChI=1S/C25H22N4OS/c26-18-10-11-19-17(15-18)9-12-20-23(19)29-24(21-7-4-14-31-21)25(27-20)28-22(30)13-8-16-5-2-1-3-6-16/h1-7,10-11,14-15H,8-9,12-13,26H2,(H,27,28,30). The van der Waals surface area contributed by atoms with Gasteiger partial charge in [-0.15, -0.1) is 11.3 Å². The smallest absolute Gasteiger partial charge is 0.225 e. The Labute approximate surface area is 185 Å². The van der Waals surface area contributed by atoms with Gasteiger partial charge in [0.05, 0.1) is 16.3 Å². The van der Waals surface area contributed by atoms with E-state index < -0.39 is 0 Å². The van der Waals surface area contributed by atoms with Crippen molar-refractivity contribution in [2.24, 2.45) is 0 Å². The third kappa shape index (κ3) is 4.07. The summed E-state index contributed by atoms with van der Waals surface area (Å²) in [5, 5.41) is 5.03. The van der Waals surface area contributed by atoms with Gasteiger partial charge in [-0.1, -0.05) is 42.5 Å². The highest BCUT2D eigenvalue weighted by atomic mass is 32.1. The van der Waals surface area contributed by atoms with E-state index in [9.17, 15) is 4.79 Å². The van der Waals surface area contributed by atoms with Crippen LogP contribution in [0.3, 0.4) is 0 Å². The summed E-state index contributed by atoms with van der Waals surface area (Å²) in [6.45, 7) is 0. The summed E-state index contributed by atoms with van der Waals surface area (Å²) in [6, 6.07) is 20.0. The molecule has 0 fully saturated rings. The number of anilines is 2. The van der Waals surface area contributed by atoms with Gasteiger partial charge >= 0.3 is 0 Å². The fraction of sp³-hybridized carbons (Fsp3) is 0.160. The Balaban J connectivity index is 1.47. The van der Waals surface area contributed by atoms with Gasteiger partial charge in [0, 0.05) is 17.7 Å². The highest BCUT2D eigenvalue weighted by molar-refractivity contribution is 7.13. The third-order valence-corrected chi connectivity index (χ3v) is 6.36. The van der Waals surface area contributed by atoms with Crippen molar-refractivity contribution in [2.75, 3.05) is 11.1 Å². The van der Waals surface area contributed by atoms with E-state index in [4.69, 9.17) is 15.7 Å². The summed E-state index contributed by atoms with van der Waals surface area (Å²) in [6.07, 6.45) is 2.72. The van der Waals surface area contributed by atoms with Crippen LogP contribution in [0.25, 0.3) is 21.8 Å². The van der Waals surface area contributed by atoms with Crippen molar-refractivity contribution < 1.29 is 4.79 Å². The molecule has 1 aliphatic carbocycles. The van der Waals surface area contributed by atoms with Gasteiger partial charge in [-0.2, -0.15) is 0 Å². The van der Waals surface area contributed by atoms with E-state index in [2.05, 4.69) is 5.32 Å². The Bertz CT molecular complexity index is 1240. The molecule has 0 bridgehead atoms. The number of hydrogen-bond acceptors (Lipinski definition) is 5. The first-order valence-corrected chi connectivity index (χ1v) is 11.2. The number of nitrogen functional groups attached to an aromatic ring is 1. The molecule has 0 spiro atoms. The molecule has 3 N–H and O–H groups in total.